The second-order valence-corrected chi connectivity index (χ2v) is 5.83. The summed E-state index contributed by atoms with van der Waals surface area (Å²) in [6.07, 6.45) is 3.73. The van der Waals surface area contributed by atoms with Crippen LogP contribution in [0, 0.1) is 6.92 Å². The minimum absolute atomic E-state index is 0.838. The molecule has 0 atom stereocenters. The number of aromatic nitrogens is 1. The van der Waals surface area contributed by atoms with E-state index in [9.17, 15) is 0 Å². The first kappa shape index (κ1) is 11.8. The molecule has 1 aliphatic heterocycles. The molecule has 106 valence electrons. The highest BCUT2D eigenvalue weighted by Gasteiger charge is 2.31. The number of nitrogens with zero attached hydrogens (tertiary/aromatic N) is 1. The van der Waals surface area contributed by atoms with E-state index in [0.29, 0.717) is 0 Å². The minimum Gasteiger partial charge on any atom is -0.458 e. The maximum atomic E-state index is 6.28. The average Bonchev–Trinajstić information content (AvgIpc) is 2.98. The fourth-order valence-electron chi connectivity index (χ4n) is 3.48. The lowest BCUT2D eigenvalue weighted by Gasteiger charge is -2.20. The van der Waals surface area contributed by atoms with Crippen molar-refractivity contribution in [1.29, 1.82) is 0 Å². The average molecular weight is 288 g/mol. The van der Waals surface area contributed by atoms with Crippen LogP contribution in [0.2, 0.25) is 0 Å². The third-order valence-electron chi connectivity index (χ3n) is 4.48. The Morgan fingerprint density at radius 1 is 1.05 bits per heavy atom. The smallest absolute Gasteiger partial charge is 0.257 e. The van der Waals surface area contributed by atoms with Gasteiger partial charge in [0.1, 0.15) is 12.8 Å². The van der Waals surface area contributed by atoms with Gasteiger partial charge in [-0.1, -0.05) is 24.3 Å². The van der Waals surface area contributed by atoms with Crippen LogP contribution in [-0.2, 0) is 7.05 Å². The summed E-state index contributed by atoms with van der Waals surface area (Å²) in [6, 6.07) is 12.5. The van der Waals surface area contributed by atoms with E-state index in [4.69, 9.17) is 9.15 Å². The first-order valence-corrected chi connectivity index (χ1v) is 7.34. The van der Waals surface area contributed by atoms with Crippen molar-refractivity contribution in [2.75, 3.05) is 0 Å². The Bertz CT molecular complexity index is 1080. The molecule has 0 aliphatic carbocycles. The van der Waals surface area contributed by atoms with Crippen LogP contribution in [0.4, 0.5) is 0 Å². The van der Waals surface area contributed by atoms with Crippen LogP contribution in [-0.4, -0.2) is 0 Å². The Labute approximate surface area is 127 Å². The number of ether oxygens (including phenoxy) is 1. The first-order valence-electron chi connectivity index (χ1n) is 7.34. The molecule has 0 amide bonds. The van der Waals surface area contributed by atoms with Crippen LogP contribution in [0.1, 0.15) is 5.56 Å². The van der Waals surface area contributed by atoms with Gasteiger partial charge in [-0.2, -0.15) is 4.57 Å². The lowest BCUT2D eigenvalue weighted by atomic mass is 9.93. The molecule has 3 nitrogen and oxygen atoms in total. The predicted molar refractivity (Wildman–Crippen MR) is 85.1 cm³/mol. The molecule has 5 rings (SSSR count). The van der Waals surface area contributed by atoms with Crippen molar-refractivity contribution >= 4 is 21.7 Å². The van der Waals surface area contributed by atoms with E-state index in [-0.39, 0.29) is 0 Å². The third-order valence-corrected chi connectivity index (χ3v) is 4.48. The van der Waals surface area contributed by atoms with Gasteiger partial charge in [0.25, 0.3) is 5.69 Å². The van der Waals surface area contributed by atoms with Crippen molar-refractivity contribution in [1.82, 2.24) is 0 Å². The Balaban J connectivity index is 2.06. The summed E-state index contributed by atoms with van der Waals surface area (Å²) in [4.78, 5) is 0. The monoisotopic (exact) mass is 288 g/mol. The van der Waals surface area contributed by atoms with Gasteiger partial charge >= 0.3 is 0 Å². The molecule has 0 bridgehead atoms. The number of aryl methyl sites for hydroxylation is 2. The number of hydrogen-bond donors (Lipinski definition) is 0. The fraction of sp³-hybridized carbons (Fsp3) is 0.105. The zero-order valence-corrected chi connectivity index (χ0v) is 12.4. The van der Waals surface area contributed by atoms with E-state index in [1.165, 1.54) is 21.9 Å². The third kappa shape index (κ3) is 1.33. The van der Waals surface area contributed by atoms with E-state index >= 15 is 0 Å². The number of pyridine rings is 1. The number of furan rings is 1. The van der Waals surface area contributed by atoms with Crippen LogP contribution in [0.3, 0.4) is 0 Å². The molecular formula is C19H14NO2+. The van der Waals surface area contributed by atoms with Crippen molar-refractivity contribution in [3.63, 3.8) is 0 Å². The van der Waals surface area contributed by atoms with E-state index in [1.54, 1.807) is 6.26 Å². The van der Waals surface area contributed by atoms with E-state index < -0.39 is 0 Å². The molecule has 2 aromatic heterocycles. The van der Waals surface area contributed by atoms with Gasteiger partial charge < -0.3 is 9.15 Å². The van der Waals surface area contributed by atoms with Crippen LogP contribution in [0.15, 0.2) is 53.3 Å². The molecule has 1 aliphatic rings. The van der Waals surface area contributed by atoms with Gasteiger partial charge in [-0.15, -0.1) is 0 Å². The topological polar surface area (TPSA) is 26.2 Å². The maximum absolute atomic E-state index is 6.28. The molecule has 0 spiro atoms. The Kier molecular flexibility index (Phi) is 2.09. The zero-order chi connectivity index (χ0) is 14.8. The van der Waals surface area contributed by atoms with Gasteiger partial charge in [-0.3, -0.25) is 0 Å². The molecule has 0 N–H and O–H groups in total. The maximum Gasteiger partial charge on any atom is 0.257 e. The highest BCUT2D eigenvalue weighted by atomic mass is 16.5. The van der Waals surface area contributed by atoms with Crippen molar-refractivity contribution < 1.29 is 13.7 Å². The van der Waals surface area contributed by atoms with Gasteiger partial charge in [-0.05, 0) is 30.0 Å². The molecular weight excluding hydrogens is 274 g/mol. The Morgan fingerprint density at radius 2 is 1.95 bits per heavy atom. The fourth-order valence-corrected chi connectivity index (χ4v) is 3.48. The molecule has 0 unspecified atom stereocenters. The molecule has 3 heteroatoms. The second-order valence-electron chi connectivity index (χ2n) is 5.83. The van der Waals surface area contributed by atoms with Crippen molar-refractivity contribution in [3.8, 4) is 22.8 Å². The van der Waals surface area contributed by atoms with Gasteiger partial charge in [0.15, 0.2) is 0 Å². The standard InChI is InChI=1S/C19H14NO2/c1-11-6-7-12-4-3-5-14-17(12)16(11)18-19(22-14)13-8-9-21-15(13)10-20(18)2/h3-10H,1-2H3/q+1. The summed E-state index contributed by atoms with van der Waals surface area (Å²) in [7, 11) is 2.04. The van der Waals surface area contributed by atoms with Gasteiger partial charge in [-0.25, -0.2) is 0 Å². The summed E-state index contributed by atoms with van der Waals surface area (Å²) in [5, 5.41) is 3.41. The number of hydrogen-bond acceptors (Lipinski definition) is 2. The number of rotatable bonds is 0. The van der Waals surface area contributed by atoms with Crippen LogP contribution >= 0.6 is 0 Å². The molecule has 0 saturated carbocycles. The normalized spacial score (nSPS) is 12.5. The molecule has 0 fully saturated rings. The van der Waals surface area contributed by atoms with Crippen molar-refractivity contribution in [3.05, 3.63) is 54.4 Å². The second kappa shape index (κ2) is 3.89. The summed E-state index contributed by atoms with van der Waals surface area (Å²) in [6.45, 7) is 2.15. The summed E-state index contributed by atoms with van der Waals surface area (Å²) >= 11 is 0. The van der Waals surface area contributed by atoms with Gasteiger partial charge in [0, 0.05) is 5.39 Å². The largest absolute Gasteiger partial charge is 0.458 e. The quantitative estimate of drug-likeness (QED) is 0.392. The highest BCUT2D eigenvalue weighted by molar-refractivity contribution is 6.06. The molecule has 0 radical (unpaired) electrons. The number of benzene rings is 2. The molecule has 0 saturated heterocycles. The molecule has 3 heterocycles. The predicted octanol–water partition coefficient (Wildman–Crippen LogP) is 4.49. The SMILES string of the molecule is Cc1ccc2cccc3c2c1-c1c(c2ccoc2c[n+]1C)O3. The summed E-state index contributed by atoms with van der Waals surface area (Å²) in [5.41, 5.74) is 4.45. The van der Waals surface area contributed by atoms with Crippen molar-refractivity contribution in [2.24, 2.45) is 7.05 Å². The minimum atomic E-state index is 0.838. The first-order chi connectivity index (χ1) is 10.7. The van der Waals surface area contributed by atoms with Crippen LogP contribution in [0.5, 0.6) is 11.5 Å². The molecule has 22 heavy (non-hydrogen) atoms. The lowest BCUT2D eigenvalue weighted by molar-refractivity contribution is -0.659. The Morgan fingerprint density at radius 3 is 2.86 bits per heavy atom. The highest BCUT2D eigenvalue weighted by Crippen LogP contribution is 2.48. The summed E-state index contributed by atoms with van der Waals surface area (Å²) < 4.78 is 13.9. The van der Waals surface area contributed by atoms with Crippen LogP contribution in [0.25, 0.3) is 33.0 Å². The van der Waals surface area contributed by atoms with Gasteiger partial charge in [0.2, 0.25) is 17.5 Å². The molecule has 2 aromatic carbocycles. The zero-order valence-electron chi connectivity index (χ0n) is 12.4. The number of fused-ring (bicyclic) bond motifs is 4. The van der Waals surface area contributed by atoms with E-state index in [0.717, 1.165) is 28.2 Å². The van der Waals surface area contributed by atoms with E-state index in [1.807, 2.05) is 31.4 Å². The summed E-state index contributed by atoms with van der Waals surface area (Å²) in [5.74, 6) is 1.79. The van der Waals surface area contributed by atoms with Crippen LogP contribution < -0.4 is 9.30 Å². The Hall–Kier alpha value is -2.81. The van der Waals surface area contributed by atoms with Gasteiger partial charge in [0.05, 0.1) is 17.2 Å². The van der Waals surface area contributed by atoms with E-state index in [2.05, 4.69) is 29.7 Å². The van der Waals surface area contributed by atoms with Crippen molar-refractivity contribution in [2.45, 2.75) is 6.92 Å². The lowest BCUT2D eigenvalue weighted by Crippen LogP contribution is -2.32. The molecule has 4 aromatic rings.